The minimum Gasteiger partial charge on any atom is -0.226 e. The van der Waals surface area contributed by atoms with E-state index in [9.17, 15) is 0 Å². The van der Waals surface area contributed by atoms with Crippen LogP contribution in [-0.2, 0) is 12.6 Å². The second kappa shape index (κ2) is 6.66. The maximum absolute atomic E-state index is 2.53. The van der Waals surface area contributed by atoms with Gasteiger partial charge in [-0.05, 0) is 74.4 Å². The molecule has 0 N–H and O–H groups in total. The number of nitrogens with zero attached hydrogens (tertiary/aromatic N) is 2. The van der Waals surface area contributed by atoms with E-state index in [0.29, 0.717) is 0 Å². The molecule has 4 aromatic carbocycles. The van der Waals surface area contributed by atoms with E-state index in [1.54, 1.807) is 0 Å². The van der Waals surface area contributed by atoms with Crippen LogP contribution in [-0.4, -0.2) is 4.57 Å². The Morgan fingerprint density at radius 3 is 2.22 bits per heavy atom. The van der Waals surface area contributed by atoms with Crippen molar-refractivity contribution < 1.29 is 4.57 Å². The zero-order valence-corrected chi connectivity index (χ0v) is 20.0. The van der Waals surface area contributed by atoms with Gasteiger partial charge < -0.3 is 0 Å². The van der Waals surface area contributed by atoms with Gasteiger partial charge >= 0.3 is 0 Å². The predicted octanol–water partition coefficient (Wildman–Crippen LogP) is 7.72. The second-order valence-electron chi connectivity index (χ2n) is 9.84. The van der Waals surface area contributed by atoms with Gasteiger partial charge in [-0.1, -0.05) is 42.5 Å². The first-order valence-corrected chi connectivity index (χ1v) is 12.0. The lowest BCUT2D eigenvalue weighted by Gasteiger charge is -2.19. The Hall–Kier alpha value is -3.17. The summed E-state index contributed by atoms with van der Waals surface area (Å²) in [6, 6.07) is 26.9. The molecule has 158 valence electrons. The van der Waals surface area contributed by atoms with Crippen molar-refractivity contribution in [1.29, 1.82) is 0 Å². The maximum atomic E-state index is 2.53. The van der Waals surface area contributed by atoms with Gasteiger partial charge in [-0.25, -0.2) is 9.13 Å². The van der Waals surface area contributed by atoms with Crippen molar-refractivity contribution in [2.24, 2.45) is 7.05 Å². The SMILES string of the molecule is Cc1cc2sc3ccccc3c2cc1-c1n(C(C)(C)C)c2cc3ccccc3cc2[n+]1C. The fourth-order valence-corrected chi connectivity index (χ4v) is 6.32. The summed E-state index contributed by atoms with van der Waals surface area (Å²) in [4.78, 5) is 0. The van der Waals surface area contributed by atoms with Gasteiger partial charge in [0, 0.05) is 20.2 Å². The summed E-state index contributed by atoms with van der Waals surface area (Å²) in [6.45, 7) is 9.16. The highest BCUT2D eigenvalue weighted by molar-refractivity contribution is 7.25. The van der Waals surface area contributed by atoms with Crippen LogP contribution >= 0.6 is 11.3 Å². The van der Waals surface area contributed by atoms with Gasteiger partial charge in [0.1, 0.15) is 5.54 Å². The second-order valence-corrected chi connectivity index (χ2v) is 10.9. The summed E-state index contributed by atoms with van der Waals surface area (Å²) < 4.78 is 7.62. The molecule has 0 aliphatic rings. The van der Waals surface area contributed by atoms with Gasteiger partial charge in [0.15, 0.2) is 11.0 Å². The molecule has 0 atom stereocenters. The van der Waals surface area contributed by atoms with E-state index in [4.69, 9.17) is 0 Å². The largest absolute Gasteiger partial charge is 0.290 e. The van der Waals surface area contributed by atoms with Gasteiger partial charge in [0.25, 0.3) is 5.82 Å². The van der Waals surface area contributed by atoms with Crippen molar-refractivity contribution in [3.63, 3.8) is 0 Å². The predicted molar refractivity (Wildman–Crippen MR) is 139 cm³/mol. The standard InChI is InChI=1S/C29H27N2S/c1-18-14-27-23(21-12-8-9-13-26(21)32-27)17-22(18)28-30(5)24-15-19-10-6-7-11-20(19)16-25(24)31(28)29(2,3)4/h6-17H,1-5H3/q+1. The lowest BCUT2D eigenvalue weighted by atomic mass is 10.0. The smallest absolute Gasteiger partial charge is 0.226 e. The number of imidazole rings is 1. The molecule has 0 aliphatic carbocycles. The molecule has 0 fully saturated rings. The molecule has 3 heteroatoms. The molecule has 32 heavy (non-hydrogen) atoms. The van der Waals surface area contributed by atoms with Gasteiger partial charge in [0.05, 0.1) is 12.6 Å². The van der Waals surface area contributed by atoms with Crippen molar-refractivity contribution in [1.82, 2.24) is 4.57 Å². The fourth-order valence-electron chi connectivity index (χ4n) is 5.14. The van der Waals surface area contributed by atoms with Crippen LogP contribution in [0.2, 0.25) is 0 Å². The first kappa shape index (κ1) is 19.5. The average molecular weight is 436 g/mol. The van der Waals surface area contributed by atoms with Gasteiger partial charge in [-0.3, -0.25) is 0 Å². The normalized spacial score (nSPS) is 12.5. The van der Waals surface area contributed by atoms with Gasteiger partial charge in [0.2, 0.25) is 0 Å². The summed E-state index contributed by atoms with van der Waals surface area (Å²) in [5.41, 5.74) is 5.11. The van der Waals surface area contributed by atoms with Crippen molar-refractivity contribution in [3.05, 3.63) is 78.4 Å². The number of hydrogen-bond acceptors (Lipinski definition) is 1. The van der Waals surface area contributed by atoms with Crippen LogP contribution < -0.4 is 4.57 Å². The minimum atomic E-state index is -0.0601. The minimum absolute atomic E-state index is 0.0601. The summed E-state index contributed by atoms with van der Waals surface area (Å²) >= 11 is 1.89. The third-order valence-corrected chi connectivity index (χ3v) is 7.74. The first-order chi connectivity index (χ1) is 15.3. The Labute approximate surface area is 192 Å². The quantitative estimate of drug-likeness (QED) is 0.234. The van der Waals surface area contributed by atoms with E-state index in [1.807, 2.05) is 11.3 Å². The molecule has 6 aromatic rings. The zero-order chi connectivity index (χ0) is 22.2. The van der Waals surface area contributed by atoms with Crippen LogP contribution in [0.3, 0.4) is 0 Å². The van der Waals surface area contributed by atoms with E-state index in [-0.39, 0.29) is 5.54 Å². The molecular weight excluding hydrogens is 408 g/mol. The molecule has 0 unspecified atom stereocenters. The third kappa shape index (κ3) is 2.74. The number of hydrogen-bond donors (Lipinski definition) is 0. The van der Waals surface area contributed by atoms with Crippen molar-refractivity contribution >= 4 is 53.3 Å². The van der Waals surface area contributed by atoms with Crippen LogP contribution in [0.5, 0.6) is 0 Å². The van der Waals surface area contributed by atoms with Crippen LogP contribution in [0.1, 0.15) is 26.3 Å². The summed E-state index contributed by atoms with van der Waals surface area (Å²) in [7, 11) is 2.21. The number of rotatable bonds is 1. The summed E-state index contributed by atoms with van der Waals surface area (Å²) in [5.74, 6) is 1.26. The molecule has 0 radical (unpaired) electrons. The van der Waals surface area contributed by atoms with Crippen LogP contribution in [0, 0.1) is 6.92 Å². The fraction of sp³-hybridized carbons (Fsp3) is 0.207. The molecule has 0 bridgehead atoms. The Morgan fingerprint density at radius 2 is 1.47 bits per heavy atom. The lowest BCUT2D eigenvalue weighted by Crippen LogP contribution is -2.33. The van der Waals surface area contributed by atoms with E-state index in [1.165, 1.54) is 58.9 Å². The van der Waals surface area contributed by atoms with E-state index < -0.39 is 0 Å². The number of aryl methyl sites for hydroxylation is 2. The number of fused-ring (bicyclic) bond motifs is 5. The molecule has 0 amide bonds. The third-order valence-electron chi connectivity index (χ3n) is 6.61. The topological polar surface area (TPSA) is 8.81 Å². The number of thiophene rings is 1. The van der Waals surface area contributed by atoms with Crippen LogP contribution in [0.15, 0.2) is 72.8 Å². The van der Waals surface area contributed by atoms with Crippen molar-refractivity contribution in [2.45, 2.75) is 33.2 Å². The molecule has 2 heterocycles. The Kier molecular flexibility index (Phi) is 4.06. The molecule has 0 spiro atoms. The first-order valence-electron chi connectivity index (χ1n) is 11.2. The summed E-state index contributed by atoms with van der Waals surface area (Å²) in [6.07, 6.45) is 0. The summed E-state index contributed by atoms with van der Waals surface area (Å²) in [5, 5.41) is 5.26. The van der Waals surface area contributed by atoms with Gasteiger partial charge in [-0.2, -0.15) is 0 Å². The average Bonchev–Trinajstić information content (AvgIpc) is 3.25. The molecule has 0 aliphatic heterocycles. The molecule has 0 saturated carbocycles. The van der Waals surface area contributed by atoms with Gasteiger partial charge in [-0.15, -0.1) is 11.3 Å². The highest BCUT2D eigenvalue weighted by Gasteiger charge is 2.33. The molecule has 2 aromatic heterocycles. The van der Waals surface area contributed by atoms with Crippen molar-refractivity contribution in [2.75, 3.05) is 0 Å². The zero-order valence-electron chi connectivity index (χ0n) is 19.2. The van der Waals surface area contributed by atoms with Crippen LogP contribution in [0.4, 0.5) is 0 Å². The van der Waals surface area contributed by atoms with Crippen molar-refractivity contribution in [3.8, 4) is 11.4 Å². The van der Waals surface area contributed by atoms with Crippen LogP contribution in [0.25, 0.3) is 53.4 Å². The van der Waals surface area contributed by atoms with E-state index in [0.717, 1.165) is 0 Å². The Balaban J connectivity index is 1.76. The highest BCUT2D eigenvalue weighted by Crippen LogP contribution is 2.39. The molecule has 0 saturated heterocycles. The Morgan fingerprint density at radius 1 is 0.781 bits per heavy atom. The monoisotopic (exact) mass is 435 g/mol. The maximum Gasteiger partial charge on any atom is 0.290 e. The lowest BCUT2D eigenvalue weighted by molar-refractivity contribution is -0.634. The van der Waals surface area contributed by atoms with E-state index >= 15 is 0 Å². The molecular formula is C29H27N2S+. The molecule has 6 rings (SSSR count). The molecule has 2 nitrogen and oxygen atoms in total. The highest BCUT2D eigenvalue weighted by atomic mass is 32.1. The Bertz CT molecular complexity index is 1680. The van der Waals surface area contributed by atoms with E-state index in [2.05, 4.69) is 117 Å². The number of benzene rings is 4. The number of aromatic nitrogens is 2.